The number of nitrogen functional groups attached to an aromatic ring is 1. The summed E-state index contributed by atoms with van der Waals surface area (Å²) in [4.78, 5) is 1.70. The van der Waals surface area contributed by atoms with Crippen LogP contribution in [0.15, 0.2) is 28.9 Å². The Hall–Kier alpha value is -2.04. The first kappa shape index (κ1) is 10.5. The maximum absolute atomic E-state index is 13.5. The van der Waals surface area contributed by atoms with Gasteiger partial charge in [0.25, 0.3) is 0 Å². The maximum atomic E-state index is 13.5. The van der Waals surface area contributed by atoms with Gasteiger partial charge in [-0.1, -0.05) is 11.2 Å². The van der Waals surface area contributed by atoms with Crippen molar-refractivity contribution in [3.05, 3.63) is 30.2 Å². The molecule has 0 aliphatic rings. The van der Waals surface area contributed by atoms with E-state index in [1.807, 2.05) is 0 Å². The maximum Gasteiger partial charge on any atom is 0.229 e. The molecule has 0 aliphatic carbocycles. The number of benzene rings is 1. The van der Waals surface area contributed by atoms with Crippen molar-refractivity contribution in [1.82, 2.24) is 5.16 Å². The third-order valence-electron chi connectivity index (χ3n) is 2.34. The first-order chi connectivity index (χ1) is 7.59. The monoisotopic (exact) mass is 221 g/mol. The minimum absolute atomic E-state index is 0.233. The van der Waals surface area contributed by atoms with Gasteiger partial charge in [-0.3, -0.25) is 0 Å². The van der Waals surface area contributed by atoms with Gasteiger partial charge in [0.1, 0.15) is 5.82 Å². The van der Waals surface area contributed by atoms with Crippen LogP contribution in [-0.4, -0.2) is 19.3 Å². The molecule has 0 fully saturated rings. The zero-order chi connectivity index (χ0) is 11.7. The zero-order valence-corrected chi connectivity index (χ0v) is 9.07. The van der Waals surface area contributed by atoms with E-state index in [0.717, 1.165) is 5.56 Å². The molecule has 1 aromatic heterocycles. The van der Waals surface area contributed by atoms with E-state index in [2.05, 4.69) is 5.16 Å². The SMILES string of the molecule is CN(C)c1cc(-c2cnoc2N)ccc1F. The van der Waals surface area contributed by atoms with Gasteiger partial charge in [0.15, 0.2) is 0 Å². The Morgan fingerprint density at radius 3 is 2.69 bits per heavy atom. The average molecular weight is 221 g/mol. The molecule has 0 aliphatic heterocycles. The lowest BCUT2D eigenvalue weighted by Crippen LogP contribution is -2.10. The second-order valence-corrected chi connectivity index (χ2v) is 3.66. The molecule has 1 heterocycles. The molecule has 0 amide bonds. The van der Waals surface area contributed by atoms with Crippen LogP contribution in [0.5, 0.6) is 0 Å². The minimum Gasteiger partial charge on any atom is -0.375 e. The van der Waals surface area contributed by atoms with E-state index in [4.69, 9.17) is 10.3 Å². The van der Waals surface area contributed by atoms with E-state index in [1.165, 1.54) is 12.3 Å². The zero-order valence-electron chi connectivity index (χ0n) is 9.07. The summed E-state index contributed by atoms with van der Waals surface area (Å²) in [5, 5.41) is 3.59. The van der Waals surface area contributed by atoms with Gasteiger partial charge in [-0.2, -0.15) is 0 Å². The van der Waals surface area contributed by atoms with Crippen LogP contribution >= 0.6 is 0 Å². The third kappa shape index (κ3) is 1.71. The van der Waals surface area contributed by atoms with Crippen LogP contribution in [0.25, 0.3) is 11.1 Å². The first-order valence-corrected chi connectivity index (χ1v) is 4.77. The molecule has 0 radical (unpaired) electrons. The Labute approximate surface area is 92.4 Å². The van der Waals surface area contributed by atoms with E-state index >= 15 is 0 Å². The summed E-state index contributed by atoms with van der Waals surface area (Å²) in [6.45, 7) is 0. The van der Waals surface area contributed by atoms with Gasteiger partial charge in [0.05, 0.1) is 17.4 Å². The molecule has 1 aromatic carbocycles. The summed E-state index contributed by atoms with van der Waals surface area (Å²) in [6.07, 6.45) is 1.52. The van der Waals surface area contributed by atoms with Crippen molar-refractivity contribution >= 4 is 11.6 Å². The molecule has 0 spiro atoms. The Morgan fingerprint density at radius 1 is 1.38 bits per heavy atom. The average Bonchev–Trinajstić information content (AvgIpc) is 2.65. The Bertz CT molecular complexity index is 508. The largest absolute Gasteiger partial charge is 0.375 e. The van der Waals surface area contributed by atoms with E-state index < -0.39 is 0 Å². The van der Waals surface area contributed by atoms with E-state index in [1.54, 1.807) is 31.1 Å². The van der Waals surface area contributed by atoms with Crippen LogP contribution in [0, 0.1) is 5.82 Å². The summed E-state index contributed by atoms with van der Waals surface area (Å²) >= 11 is 0. The molecule has 2 aromatic rings. The number of hydrogen-bond donors (Lipinski definition) is 1. The van der Waals surface area contributed by atoms with Crippen LogP contribution in [0.1, 0.15) is 0 Å². The quantitative estimate of drug-likeness (QED) is 0.844. The molecule has 0 bridgehead atoms. The summed E-state index contributed by atoms with van der Waals surface area (Å²) in [7, 11) is 3.55. The molecule has 0 atom stereocenters. The van der Waals surface area contributed by atoms with Crippen molar-refractivity contribution in [2.24, 2.45) is 0 Å². The topological polar surface area (TPSA) is 55.3 Å². The van der Waals surface area contributed by atoms with Crippen molar-refractivity contribution in [3.8, 4) is 11.1 Å². The smallest absolute Gasteiger partial charge is 0.229 e. The first-order valence-electron chi connectivity index (χ1n) is 4.77. The highest BCUT2D eigenvalue weighted by molar-refractivity contribution is 5.74. The lowest BCUT2D eigenvalue weighted by molar-refractivity contribution is 0.436. The van der Waals surface area contributed by atoms with Crippen LogP contribution in [0.4, 0.5) is 16.0 Å². The van der Waals surface area contributed by atoms with Crippen molar-refractivity contribution in [2.75, 3.05) is 24.7 Å². The van der Waals surface area contributed by atoms with Gasteiger partial charge < -0.3 is 15.2 Å². The summed E-state index contributed by atoms with van der Waals surface area (Å²) in [5.41, 5.74) is 7.55. The molecule has 4 nitrogen and oxygen atoms in total. The van der Waals surface area contributed by atoms with Crippen molar-refractivity contribution < 1.29 is 8.91 Å². The van der Waals surface area contributed by atoms with Crippen molar-refractivity contribution in [1.29, 1.82) is 0 Å². The van der Waals surface area contributed by atoms with E-state index in [-0.39, 0.29) is 11.7 Å². The minimum atomic E-state index is -0.274. The van der Waals surface area contributed by atoms with Crippen LogP contribution in [0.3, 0.4) is 0 Å². The van der Waals surface area contributed by atoms with Gasteiger partial charge in [-0.25, -0.2) is 4.39 Å². The summed E-state index contributed by atoms with van der Waals surface area (Å²) < 4.78 is 18.2. The second-order valence-electron chi connectivity index (χ2n) is 3.66. The Morgan fingerprint density at radius 2 is 2.12 bits per heavy atom. The van der Waals surface area contributed by atoms with Crippen molar-refractivity contribution in [2.45, 2.75) is 0 Å². The van der Waals surface area contributed by atoms with Crippen LogP contribution < -0.4 is 10.6 Å². The van der Waals surface area contributed by atoms with Gasteiger partial charge in [-0.05, 0) is 17.7 Å². The Kier molecular flexibility index (Phi) is 2.52. The molecule has 2 N–H and O–H groups in total. The predicted molar refractivity (Wildman–Crippen MR) is 60.6 cm³/mol. The number of aromatic nitrogens is 1. The fourth-order valence-electron chi connectivity index (χ4n) is 1.49. The van der Waals surface area contributed by atoms with Gasteiger partial charge in [0, 0.05) is 14.1 Å². The fraction of sp³-hybridized carbons (Fsp3) is 0.182. The number of halogens is 1. The number of rotatable bonds is 2. The van der Waals surface area contributed by atoms with Crippen molar-refractivity contribution in [3.63, 3.8) is 0 Å². The number of nitrogens with two attached hydrogens (primary N) is 1. The Balaban J connectivity index is 2.52. The second kappa shape index (κ2) is 3.84. The standard InChI is InChI=1S/C11H12FN3O/c1-15(2)10-5-7(3-4-9(10)12)8-6-14-16-11(8)13/h3-6H,13H2,1-2H3. The molecule has 0 saturated heterocycles. The molecular formula is C11H12FN3O. The van der Waals surface area contributed by atoms with Gasteiger partial charge in [0.2, 0.25) is 5.88 Å². The van der Waals surface area contributed by atoms with E-state index in [9.17, 15) is 4.39 Å². The molecule has 0 saturated carbocycles. The summed E-state index contributed by atoms with van der Waals surface area (Å²) in [6, 6.07) is 4.75. The molecule has 0 unspecified atom stereocenters. The lowest BCUT2D eigenvalue weighted by Gasteiger charge is -2.14. The fourth-order valence-corrected chi connectivity index (χ4v) is 1.49. The molecule has 2 rings (SSSR count). The van der Waals surface area contributed by atoms with Gasteiger partial charge >= 0.3 is 0 Å². The summed E-state index contributed by atoms with van der Waals surface area (Å²) in [5.74, 6) is -0.0416. The molecule has 84 valence electrons. The lowest BCUT2D eigenvalue weighted by atomic mass is 10.1. The predicted octanol–water partition coefficient (Wildman–Crippen LogP) is 2.13. The number of hydrogen-bond acceptors (Lipinski definition) is 4. The van der Waals surface area contributed by atoms with Gasteiger partial charge in [-0.15, -0.1) is 0 Å². The van der Waals surface area contributed by atoms with Crippen LogP contribution in [0.2, 0.25) is 0 Å². The third-order valence-corrected chi connectivity index (χ3v) is 2.34. The molecular weight excluding hydrogens is 209 g/mol. The normalized spacial score (nSPS) is 10.4. The number of anilines is 2. The molecule has 16 heavy (non-hydrogen) atoms. The van der Waals surface area contributed by atoms with E-state index in [0.29, 0.717) is 11.3 Å². The highest BCUT2D eigenvalue weighted by Crippen LogP contribution is 2.29. The number of nitrogens with zero attached hydrogens (tertiary/aromatic N) is 2. The highest BCUT2D eigenvalue weighted by Gasteiger charge is 2.11. The van der Waals surface area contributed by atoms with Crippen LogP contribution in [-0.2, 0) is 0 Å². The highest BCUT2D eigenvalue weighted by atomic mass is 19.1. The molecule has 5 heteroatoms.